The number of halogens is 1. The second kappa shape index (κ2) is 5.63. The summed E-state index contributed by atoms with van der Waals surface area (Å²) in [5.41, 5.74) is 0.689. The van der Waals surface area contributed by atoms with Gasteiger partial charge in [0.2, 0.25) is 0 Å². The summed E-state index contributed by atoms with van der Waals surface area (Å²) in [4.78, 5) is 11.8. The fourth-order valence-corrected chi connectivity index (χ4v) is 2.04. The molecule has 1 aliphatic rings. The lowest BCUT2D eigenvalue weighted by Gasteiger charge is -2.23. The maximum Gasteiger partial charge on any atom is 0.253 e. The third-order valence-corrected chi connectivity index (χ3v) is 3.30. The molecule has 1 unspecified atom stereocenters. The van der Waals surface area contributed by atoms with Crippen molar-refractivity contribution in [2.24, 2.45) is 0 Å². The zero-order valence-electron chi connectivity index (χ0n) is 8.91. The van der Waals surface area contributed by atoms with Gasteiger partial charge in [-0.3, -0.25) is 4.79 Å². The van der Waals surface area contributed by atoms with E-state index in [1.165, 1.54) is 0 Å². The van der Waals surface area contributed by atoms with Crippen LogP contribution in [-0.4, -0.2) is 18.7 Å². The quantitative estimate of drug-likeness (QED) is 0.846. The molecule has 1 N–H and O–H groups in total. The predicted octanol–water partition coefficient (Wildman–Crippen LogP) is 2.55. The van der Waals surface area contributed by atoms with Crippen LogP contribution in [0, 0.1) is 3.57 Å². The van der Waals surface area contributed by atoms with E-state index in [4.69, 9.17) is 4.74 Å². The monoisotopic (exact) mass is 331 g/mol. The number of benzene rings is 1. The first-order valence-electron chi connectivity index (χ1n) is 5.44. The van der Waals surface area contributed by atoms with Crippen LogP contribution in [-0.2, 0) is 4.74 Å². The number of nitrogens with one attached hydrogen (secondary N) is 1. The van der Waals surface area contributed by atoms with Crippen molar-refractivity contribution in [3.05, 3.63) is 33.4 Å². The van der Waals surface area contributed by atoms with E-state index in [1.807, 2.05) is 24.3 Å². The molecule has 4 heteroatoms. The van der Waals surface area contributed by atoms with E-state index in [-0.39, 0.29) is 12.1 Å². The smallest absolute Gasteiger partial charge is 0.253 e. The zero-order chi connectivity index (χ0) is 11.4. The van der Waals surface area contributed by atoms with Crippen molar-refractivity contribution in [2.75, 3.05) is 6.61 Å². The highest BCUT2D eigenvalue weighted by Crippen LogP contribution is 2.12. The molecule has 1 amide bonds. The van der Waals surface area contributed by atoms with Gasteiger partial charge in [-0.15, -0.1) is 0 Å². The van der Waals surface area contributed by atoms with Crippen LogP contribution >= 0.6 is 22.6 Å². The minimum absolute atomic E-state index is 0.0525. The first kappa shape index (κ1) is 11.9. The third kappa shape index (κ3) is 3.18. The number of carbonyl (C=O) groups excluding carboxylic acids is 1. The number of hydrogen-bond acceptors (Lipinski definition) is 2. The van der Waals surface area contributed by atoms with Crippen molar-refractivity contribution in [3.63, 3.8) is 0 Å². The van der Waals surface area contributed by atoms with E-state index >= 15 is 0 Å². The number of amides is 1. The summed E-state index contributed by atoms with van der Waals surface area (Å²) >= 11 is 2.22. The predicted molar refractivity (Wildman–Crippen MR) is 70.2 cm³/mol. The van der Waals surface area contributed by atoms with Crippen LogP contribution in [0.3, 0.4) is 0 Å². The van der Waals surface area contributed by atoms with Gasteiger partial charge in [0.1, 0.15) is 6.23 Å². The van der Waals surface area contributed by atoms with Crippen LogP contribution in [0.4, 0.5) is 0 Å². The van der Waals surface area contributed by atoms with Crippen LogP contribution in [0.25, 0.3) is 0 Å². The molecule has 0 aromatic heterocycles. The van der Waals surface area contributed by atoms with Crippen LogP contribution in [0.2, 0.25) is 0 Å². The van der Waals surface area contributed by atoms with Gasteiger partial charge >= 0.3 is 0 Å². The highest BCUT2D eigenvalue weighted by atomic mass is 127. The lowest BCUT2D eigenvalue weighted by molar-refractivity contribution is -0.00265. The maximum absolute atomic E-state index is 11.8. The van der Waals surface area contributed by atoms with Crippen molar-refractivity contribution >= 4 is 28.5 Å². The molecule has 86 valence electrons. The summed E-state index contributed by atoms with van der Waals surface area (Å²) in [5, 5.41) is 2.89. The zero-order valence-corrected chi connectivity index (χ0v) is 11.1. The van der Waals surface area contributed by atoms with Gasteiger partial charge in [0.15, 0.2) is 0 Å². The van der Waals surface area contributed by atoms with Crippen LogP contribution in [0.15, 0.2) is 24.3 Å². The summed E-state index contributed by atoms with van der Waals surface area (Å²) in [7, 11) is 0. The van der Waals surface area contributed by atoms with Gasteiger partial charge in [0.05, 0.1) is 0 Å². The third-order valence-electron chi connectivity index (χ3n) is 2.58. The lowest BCUT2D eigenvalue weighted by Crippen LogP contribution is -2.38. The molecule has 3 nitrogen and oxygen atoms in total. The number of carbonyl (C=O) groups is 1. The molecular weight excluding hydrogens is 317 g/mol. The Labute approximate surface area is 109 Å². The van der Waals surface area contributed by atoms with E-state index < -0.39 is 0 Å². The van der Waals surface area contributed by atoms with Gasteiger partial charge in [0, 0.05) is 15.7 Å². The van der Waals surface area contributed by atoms with E-state index in [0.717, 1.165) is 29.4 Å². The molecule has 0 radical (unpaired) electrons. The molecule has 0 spiro atoms. The first-order valence-corrected chi connectivity index (χ1v) is 6.51. The van der Waals surface area contributed by atoms with Crippen molar-refractivity contribution in [3.8, 4) is 0 Å². The minimum atomic E-state index is -0.111. The van der Waals surface area contributed by atoms with Crippen LogP contribution < -0.4 is 5.32 Å². The Morgan fingerprint density at radius 1 is 1.31 bits per heavy atom. The van der Waals surface area contributed by atoms with Crippen molar-refractivity contribution in [2.45, 2.75) is 25.5 Å². The largest absolute Gasteiger partial charge is 0.359 e. The van der Waals surface area contributed by atoms with Gasteiger partial charge in [-0.25, -0.2) is 0 Å². The average Bonchev–Trinajstić information content (AvgIpc) is 2.31. The maximum atomic E-state index is 11.8. The summed E-state index contributed by atoms with van der Waals surface area (Å²) in [6.45, 7) is 0.748. The second-order valence-corrected chi connectivity index (χ2v) is 5.08. The second-order valence-electron chi connectivity index (χ2n) is 3.84. The Morgan fingerprint density at radius 2 is 2.06 bits per heavy atom. The van der Waals surface area contributed by atoms with Crippen LogP contribution in [0.5, 0.6) is 0 Å². The van der Waals surface area contributed by atoms with E-state index in [9.17, 15) is 4.79 Å². The average molecular weight is 331 g/mol. The van der Waals surface area contributed by atoms with Crippen molar-refractivity contribution in [1.82, 2.24) is 5.32 Å². The highest BCUT2D eigenvalue weighted by molar-refractivity contribution is 14.1. The Hall–Kier alpha value is -0.620. The fraction of sp³-hybridized carbons (Fsp3) is 0.417. The Morgan fingerprint density at radius 3 is 2.69 bits per heavy atom. The highest BCUT2D eigenvalue weighted by Gasteiger charge is 2.16. The molecule has 0 bridgehead atoms. The number of rotatable bonds is 2. The van der Waals surface area contributed by atoms with Gasteiger partial charge < -0.3 is 10.1 Å². The molecule has 0 aliphatic carbocycles. The Bertz CT molecular complexity index is 358. The molecule has 1 aromatic rings. The van der Waals surface area contributed by atoms with Gasteiger partial charge in [-0.2, -0.15) is 0 Å². The standard InChI is InChI=1S/C12H14INO2/c13-10-6-4-9(5-7-10)12(15)14-11-3-1-2-8-16-11/h4-7,11H,1-3,8H2,(H,14,15). The molecule has 1 aromatic carbocycles. The molecule has 1 atom stereocenters. The Balaban J connectivity index is 1.94. The topological polar surface area (TPSA) is 38.3 Å². The normalized spacial score (nSPS) is 20.4. The molecule has 1 heterocycles. The molecule has 0 saturated carbocycles. The van der Waals surface area contributed by atoms with Gasteiger partial charge in [0.25, 0.3) is 5.91 Å². The summed E-state index contributed by atoms with van der Waals surface area (Å²) in [6.07, 6.45) is 3.02. The van der Waals surface area contributed by atoms with Crippen molar-refractivity contribution < 1.29 is 9.53 Å². The molecular formula is C12H14INO2. The first-order chi connectivity index (χ1) is 7.75. The molecule has 16 heavy (non-hydrogen) atoms. The molecule has 1 saturated heterocycles. The van der Waals surface area contributed by atoms with E-state index in [0.29, 0.717) is 5.56 Å². The van der Waals surface area contributed by atoms with Gasteiger partial charge in [-0.1, -0.05) is 0 Å². The van der Waals surface area contributed by atoms with E-state index in [2.05, 4.69) is 27.9 Å². The molecule has 1 aliphatic heterocycles. The number of ether oxygens (including phenoxy) is 1. The van der Waals surface area contributed by atoms with E-state index in [1.54, 1.807) is 0 Å². The fourth-order valence-electron chi connectivity index (χ4n) is 1.69. The summed E-state index contributed by atoms with van der Waals surface area (Å²) in [6, 6.07) is 7.52. The Kier molecular flexibility index (Phi) is 4.17. The number of hydrogen-bond donors (Lipinski definition) is 1. The minimum Gasteiger partial charge on any atom is -0.359 e. The summed E-state index contributed by atoms with van der Waals surface area (Å²) < 4.78 is 6.59. The lowest BCUT2D eigenvalue weighted by atomic mass is 10.1. The van der Waals surface area contributed by atoms with Crippen molar-refractivity contribution in [1.29, 1.82) is 0 Å². The van der Waals surface area contributed by atoms with Crippen LogP contribution in [0.1, 0.15) is 29.6 Å². The van der Waals surface area contributed by atoms with Gasteiger partial charge in [-0.05, 0) is 66.1 Å². The molecule has 2 rings (SSSR count). The SMILES string of the molecule is O=C(NC1CCCCO1)c1ccc(I)cc1. The molecule has 1 fully saturated rings. The summed E-state index contributed by atoms with van der Waals surface area (Å²) in [5.74, 6) is -0.0525.